The van der Waals surface area contributed by atoms with Gasteiger partial charge in [0.2, 0.25) is 6.79 Å². The molecule has 1 aromatic heterocycles. The van der Waals surface area contributed by atoms with Crippen LogP contribution in [0.3, 0.4) is 0 Å². The van der Waals surface area contributed by atoms with Crippen molar-refractivity contribution in [2.75, 3.05) is 17.0 Å². The maximum Gasteiger partial charge on any atom is 0.262 e. The van der Waals surface area contributed by atoms with Crippen LogP contribution < -0.4 is 19.7 Å². The van der Waals surface area contributed by atoms with E-state index >= 15 is 0 Å². The van der Waals surface area contributed by atoms with Crippen molar-refractivity contribution in [1.29, 1.82) is 0 Å². The number of nitrogens with one attached hydrogen (secondary N) is 1. The molecule has 3 aromatic carbocycles. The molecule has 7 nitrogen and oxygen atoms in total. The van der Waals surface area contributed by atoms with Crippen LogP contribution >= 0.6 is 0 Å². The molecule has 1 atom stereocenters. The Morgan fingerprint density at radius 2 is 1.71 bits per heavy atom. The number of benzene rings is 3. The molecule has 6 rings (SSSR count). The molecule has 0 radical (unpaired) electrons. The highest BCUT2D eigenvalue weighted by atomic mass is 16.7. The van der Waals surface area contributed by atoms with Gasteiger partial charge in [-0.25, -0.2) is 4.68 Å². The molecule has 152 valence electrons. The van der Waals surface area contributed by atoms with Crippen LogP contribution in [-0.2, 0) is 0 Å². The van der Waals surface area contributed by atoms with E-state index in [9.17, 15) is 4.79 Å². The third-order valence-corrected chi connectivity index (χ3v) is 5.50. The number of ether oxygens (including phenoxy) is 2. The number of hydrogen-bond donors (Lipinski definition) is 1. The number of amides is 1. The summed E-state index contributed by atoms with van der Waals surface area (Å²) in [7, 11) is 0. The van der Waals surface area contributed by atoms with Gasteiger partial charge in [0.25, 0.3) is 5.91 Å². The van der Waals surface area contributed by atoms with Gasteiger partial charge in [0.15, 0.2) is 11.5 Å². The van der Waals surface area contributed by atoms with E-state index in [2.05, 4.69) is 10.4 Å². The Hall–Kier alpha value is -4.26. The topological polar surface area (TPSA) is 68.6 Å². The molecule has 0 saturated heterocycles. The second-order valence-corrected chi connectivity index (χ2v) is 7.36. The summed E-state index contributed by atoms with van der Waals surface area (Å²) in [6.07, 6.45) is 3.29. The van der Waals surface area contributed by atoms with E-state index in [4.69, 9.17) is 9.47 Å². The summed E-state index contributed by atoms with van der Waals surface area (Å²) in [6, 6.07) is 22.9. The van der Waals surface area contributed by atoms with Crippen LogP contribution in [0, 0.1) is 0 Å². The fourth-order valence-corrected chi connectivity index (χ4v) is 3.99. The van der Waals surface area contributed by atoms with Gasteiger partial charge >= 0.3 is 0 Å². The van der Waals surface area contributed by atoms with Crippen molar-refractivity contribution in [3.63, 3.8) is 0 Å². The molecular weight excluding hydrogens is 392 g/mol. The highest BCUT2D eigenvalue weighted by Gasteiger charge is 2.35. The third kappa shape index (κ3) is 2.90. The molecule has 3 heterocycles. The van der Waals surface area contributed by atoms with Gasteiger partial charge in [0, 0.05) is 23.5 Å². The van der Waals surface area contributed by atoms with Crippen molar-refractivity contribution in [2.24, 2.45) is 0 Å². The summed E-state index contributed by atoms with van der Waals surface area (Å²) < 4.78 is 12.8. The fraction of sp³-hybridized carbons (Fsp3) is 0.0833. The lowest BCUT2D eigenvalue weighted by Crippen LogP contribution is -2.43. The molecule has 7 heteroatoms. The predicted molar refractivity (Wildman–Crippen MR) is 116 cm³/mol. The van der Waals surface area contributed by atoms with E-state index in [0.29, 0.717) is 22.7 Å². The first kappa shape index (κ1) is 17.6. The molecule has 1 unspecified atom stereocenters. The first-order chi connectivity index (χ1) is 15.3. The van der Waals surface area contributed by atoms with E-state index in [-0.39, 0.29) is 12.7 Å². The van der Waals surface area contributed by atoms with E-state index in [0.717, 1.165) is 16.9 Å². The van der Waals surface area contributed by atoms with Gasteiger partial charge in [-0.3, -0.25) is 9.69 Å². The molecule has 1 amide bonds. The number of hydrogen-bond acceptors (Lipinski definition) is 5. The van der Waals surface area contributed by atoms with Crippen molar-refractivity contribution in [3.8, 4) is 17.2 Å². The van der Waals surface area contributed by atoms with E-state index in [1.165, 1.54) is 0 Å². The molecule has 31 heavy (non-hydrogen) atoms. The number of rotatable bonds is 3. The number of nitrogens with zero attached hydrogens (tertiary/aromatic N) is 3. The molecule has 0 fully saturated rings. The number of carbonyl (C=O) groups excluding carboxylic acids is 1. The van der Waals surface area contributed by atoms with Crippen LogP contribution in [0.5, 0.6) is 11.5 Å². The summed E-state index contributed by atoms with van der Waals surface area (Å²) in [4.78, 5) is 15.3. The zero-order chi connectivity index (χ0) is 20.8. The molecule has 0 saturated carbocycles. The van der Waals surface area contributed by atoms with Gasteiger partial charge < -0.3 is 14.8 Å². The monoisotopic (exact) mass is 410 g/mol. The lowest BCUT2D eigenvalue weighted by molar-refractivity contribution is 0.0975. The summed E-state index contributed by atoms with van der Waals surface area (Å²) in [5.74, 6) is 1.21. The van der Waals surface area contributed by atoms with Crippen LogP contribution in [-0.4, -0.2) is 22.5 Å². The van der Waals surface area contributed by atoms with Crippen molar-refractivity contribution in [2.45, 2.75) is 6.17 Å². The highest BCUT2D eigenvalue weighted by Crippen LogP contribution is 2.41. The number of carbonyl (C=O) groups is 1. The third-order valence-electron chi connectivity index (χ3n) is 5.50. The largest absolute Gasteiger partial charge is 0.454 e. The van der Waals surface area contributed by atoms with Crippen molar-refractivity contribution in [3.05, 3.63) is 96.3 Å². The van der Waals surface area contributed by atoms with Gasteiger partial charge in [-0.1, -0.05) is 30.3 Å². The SMILES string of the molecule is O=C1c2ccccc2NC(c2cnn(-c3ccccc3)c2)N1c1ccc2c(c1)OCO2. The smallest absolute Gasteiger partial charge is 0.262 e. The summed E-state index contributed by atoms with van der Waals surface area (Å²) in [5, 5.41) is 8.03. The molecule has 4 aromatic rings. The minimum absolute atomic E-state index is 0.0920. The van der Waals surface area contributed by atoms with Crippen LogP contribution in [0.4, 0.5) is 11.4 Å². The number of anilines is 2. The van der Waals surface area contributed by atoms with Gasteiger partial charge in [0.1, 0.15) is 6.17 Å². The maximum absolute atomic E-state index is 13.6. The first-order valence-corrected chi connectivity index (χ1v) is 9.97. The molecular formula is C24H18N4O3. The molecule has 1 N–H and O–H groups in total. The Morgan fingerprint density at radius 3 is 2.61 bits per heavy atom. The molecule has 0 aliphatic carbocycles. The molecule has 2 aliphatic heterocycles. The minimum atomic E-state index is -0.430. The molecule has 0 bridgehead atoms. The van der Waals surface area contributed by atoms with Crippen LogP contribution in [0.25, 0.3) is 5.69 Å². The number of aromatic nitrogens is 2. The average molecular weight is 410 g/mol. The highest BCUT2D eigenvalue weighted by molar-refractivity contribution is 6.12. The number of para-hydroxylation sites is 2. The first-order valence-electron chi connectivity index (χ1n) is 9.97. The zero-order valence-electron chi connectivity index (χ0n) is 16.4. The predicted octanol–water partition coefficient (Wildman–Crippen LogP) is 4.37. The van der Waals surface area contributed by atoms with Gasteiger partial charge in [-0.15, -0.1) is 0 Å². The second-order valence-electron chi connectivity index (χ2n) is 7.36. The lowest BCUT2D eigenvalue weighted by atomic mass is 10.0. The Kier molecular flexibility index (Phi) is 3.92. The van der Waals surface area contributed by atoms with Crippen LogP contribution in [0.15, 0.2) is 85.2 Å². The minimum Gasteiger partial charge on any atom is -0.454 e. The van der Waals surface area contributed by atoms with Crippen LogP contribution in [0.2, 0.25) is 0 Å². The van der Waals surface area contributed by atoms with Gasteiger partial charge in [-0.2, -0.15) is 5.10 Å². The summed E-state index contributed by atoms with van der Waals surface area (Å²) >= 11 is 0. The van der Waals surface area contributed by atoms with E-state index < -0.39 is 6.17 Å². The van der Waals surface area contributed by atoms with Gasteiger partial charge in [0.05, 0.1) is 23.1 Å². The molecule has 2 aliphatic rings. The Balaban J connectivity index is 1.46. The number of fused-ring (bicyclic) bond motifs is 2. The standard InChI is InChI=1S/C24H18N4O3/c29-24-19-8-4-5-9-20(19)26-23(16-13-25-27(14-16)17-6-2-1-3-7-17)28(24)18-10-11-21-22(12-18)31-15-30-21/h1-14,23,26H,15H2. The van der Waals surface area contributed by atoms with Crippen molar-refractivity contribution in [1.82, 2.24) is 9.78 Å². The van der Waals surface area contributed by atoms with Gasteiger partial charge in [-0.05, 0) is 36.4 Å². The van der Waals surface area contributed by atoms with E-state index in [1.54, 1.807) is 15.8 Å². The molecule has 0 spiro atoms. The fourth-order valence-electron chi connectivity index (χ4n) is 3.99. The Labute approximate surface area is 178 Å². The van der Waals surface area contributed by atoms with E-state index in [1.807, 2.05) is 79.0 Å². The zero-order valence-corrected chi connectivity index (χ0v) is 16.4. The normalized spacial score (nSPS) is 16.7. The summed E-state index contributed by atoms with van der Waals surface area (Å²) in [6.45, 7) is 0.182. The quantitative estimate of drug-likeness (QED) is 0.543. The van der Waals surface area contributed by atoms with Crippen molar-refractivity contribution >= 4 is 17.3 Å². The van der Waals surface area contributed by atoms with Crippen LogP contribution in [0.1, 0.15) is 22.1 Å². The van der Waals surface area contributed by atoms with Crippen molar-refractivity contribution < 1.29 is 14.3 Å². The Morgan fingerprint density at radius 1 is 0.903 bits per heavy atom. The summed E-state index contributed by atoms with van der Waals surface area (Å²) in [5.41, 5.74) is 3.94. The lowest BCUT2D eigenvalue weighted by Gasteiger charge is -2.37. The Bertz CT molecular complexity index is 1280. The maximum atomic E-state index is 13.6. The average Bonchev–Trinajstić information content (AvgIpc) is 3.49. The second kappa shape index (κ2) is 6.91.